The minimum Gasteiger partial charge on any atom is -0.425 e. The molecule has 2 unspecified atom stereocenters. The molecule has 0 fully saturated rings. The summed E-state index contributed by atoms with van der Waals surface area (Å²) in [5, 5.41) is 0. The topological polar surface area (TPSA) is 96.0 Å². The standard InChI is InChI=1S/C14H18O7S/c1-9(2)13(15)19-10(3)20-14(16)21-11-5-7-12(8-6-11)22(4,17)18/h5-10H,1-4H3/i1D. The van der Waals surface area contributed by atoms with E-state index in [1.54, 1.807) is 0 Å². The highest BCUT2D eigenvalue weighted by atomic mass is 32.2. The fraction of sp³-hybridized carbons (Fsp3) is 0.429. The first-order valence-corrected chi connectivity index (χ1v) is 8.21. The van der Waals surface area contributed by atoms with Crippen LogP contribution in [0, 0.1) is 5.92 Å². The van der Waals surface area contributed by atoms with Crippen LogP contribution in [0.5, 0.6) is 5.75 Å². The first-order valence-electron chi connectivity index (χ1n) is 7.02. The largest absolute Gasteiger partial charge is 0.516 e. The van der Waals surface area contributed by atoms with Gasteiger partial charge < -0.3 is 14.2 Å². The van der Waals surface area contributed by atoms with Gasteiger partial charge in [-0.1, -0.05) is 13.8 Å². The lowest BCUT2D eigenvalue weighted by Gasteiger charge is -2.15. The molecule has 0 bridgehead atoms. The van der Waals surface area contributed by atoms with Crippen molar-refractivity contribution in [2.75, 3.05) is 6.26 Å². The van der Waals surface area contributed by atoms with Gasteiger partial charge in [0.15, 0.2) is 9.84 Å². The summed E-state index contributed by atoms with van der Waals surface area (Å²) < 4.78 is 44.0. The zero-order valence-corrected chi connectivity index (χ0v) is 13.3. The van der Waals surface area contributed by atoms with Crippen molar-refractivity contribution >= 4 is 22.0 Å². The Labute approximate surface area is 130 Å². The van der Waals surface area contributed by atoms with Crippen molar-refractivity contribution in [3.63, 3.8) is 0 Å². The van der Waals surface area contributed by atoms with E-state index in [2.05, 4.69) is 0 Å². The van der Waals surface area contributed by atoms with E-state index in [4.69, 9.17) is 15.6 Å². The number of carbonyl (C=O) groups is 2. The smallest absolute Gasteiger partial charge is 0.425 e. The van der Waals surface area contributed by atoms with Gasteiger partial charge in [0.25, 0.3) is 0 Å². The minimum atomic E-state index is -3.34. The molecular weight excluding hydrogens is 312 g/mol. The van der Waals surface area contributed by atoms with Crippen LogP contribution in [-0.2, 0) is 24.1 Å². The number of carbonyl (C=O) groups excluding carboxylic acids is 2. The van der Waals surface area contributed by atoms with E-state index in [-0.39, 0.29) is 17.5 Å². The number of esters is 1. The van der Waals surface area contributed by atoms with E-state index in [0.717, 1.165) is 6.26 Å². The van der Waals surface area contributed by atoms with Gasteiger partial charge in [-0.05, 0) is 24.3 Å². The van der Waals surface area contributed by atoms with Crippen molar-refractivity contribution in [3.05, 3.63) is 24.3 Å². The molecular formula is C14H18O7S. The molecule has 0 radical (unpaired) electrons. The molecule has 1 aromatic rings. The molecule has 22 heavy (non-hydrogen) atoms. The van der Waals surface area contributed by atoms with E-state index in [1.165, 1.54) is 38.1 Å². The molecule has 0 aliphatic rings. The Bertz CT molecular complexity index is 654. The summed E-state index contributed by atoms with van der Waals surface area (Å²) in [6.45, 7) is 2.72. The molecule has 0 amide bonds. The quantitative estimate of drug-likeness (QED) is 0.463. The van der Waals surface area contributed by atoms with Crippen LogP contribution >= 0.6 is 0 Å². The summed E-state index contributed by atoms with van der Waals surface area (Å²) in [6.07, 6.45) is -1.21. The number of benzene rings is 1. The van der Waals surface area contributed by atoms with Crippen LogP contribution < -0.4 is 4.74 Å². The number of hydrogen-bond donors (Lipinski definition) is 0. The van der Waals surface area contributed by atoms with E-state index >= 15 is 0 Å². The number of ether oxygens (including phenoxy) is 3. The van der Waals surface area contributed by atoms with E-state index < -0.39 is 34.2 Å². The predicted molar refractivity (Wildman–Crippen MR) is 77.1 cm³/mol. The fourth-order valence-electron chi connectivity index (χ4n) is 1.31. The predicted octanol–water partition coefficient (Wildman–Crippen LogP) is 2.15. The van der Waals surface area contributed by atoms with Crippen LogP contribution in [0.3, 0.4) is 0 Å². The van der Waals surface area contributed by atoms with Crippen LogP contribution in [0.4, 0.5) is 4.79 Å². The molecule has 122 valence electrons. The molecule has 0 aromatic heterocycles. The van der Waals surface area contributed by atoms with Crippen LogP contribution in [0.2, 0.25) is 0 Å². The lowest BCUT2D eigenvalue weighted by Crippen LogP contribution is -2.25. The summed E-state index contributed by atoms with van der Waals surface area (Å²) >= 11 is 0. The summed E-state index contributed by atoms with van der Waals surface area (Å²) in [5.74, 6) is -1.20. The maximum absolute atomic E-state index is 11.5. The van der Waals surface area contributed by atoms with E-state index in [9.17, 15) is 18.0 Å². The number of sulfone groups is 1. The third-order valence-corrected chi connectivity index (χ3v) is 3.53. The highest BCUT2D eigenvalue weighted by molar-refractivity contribution is 7.90. The van der Waals surface area contributed by atoms with Gasteiger partial charge in [0.1, 0.15) is 5.75 Å². The monoisotopic (exact) mass is 331 g/mol. The Balaban J connectivity index is 2.55. The average Bonchev–Trinajstić information content (AvgIpc) is 2.45. The third-order valence-electron chi connectivity index (χ3n) is 2.40. The molecule has 0 aliphatic heterocycles. The molecule has 0 saturated heterocycles. The Morgan fingerprint density at radius 1 is 1.14 bits per heavy atom. The van der Waals surface area contributed by atoms with Gasteiger partial charge in [-0.3, -0.25) is 4.79 Å². The van der Waals surface area contributed by atoms with Crippen LogP contribution in [0.25, 0.3) is 0 Å². The van der Waals surface area contributed by atoms with Crippen molar-refractivity contribution in [3.8, 4) is 5.75 Å². The summed E-state index contributed by atoms with van der Waals surface area (Å²) in [5.41, 5.74) is 0. The SMILES string of the molecule is [2H]CC(C)C(=O)OC(C)OC(=O)Oc1ccc(S(C)(=O)=O)cc1. The summed E-state index contributed by atoms with van der Waals surface area (Å²) in [6, 6.07) is 5.18. The van der Waals surface area contributed by atoms with Crippen molar-refractivity contribution < 1.29 is 33.6 Å². The molecule has 2 atom stereocenters. The van der Waals surface area contributed by atoms with Gasteiger partial charge in [0.2, 0.25) is 6.29 Å². The zero-order chi connectivity index (χ0) is 17.6. The lowest BCUT2D eigenvalue weighted by molar-refractivity contribution is -0.170. The van der Waals surface area contributed by atoms with Crippen LogP contribution in [0.1, 0.15) is 22.1 Å². The molecule has 0 heterocycles. The summed E-state index contributed by atoms with van der Waals surface area (Å²) in [7, 11) is -3.34. The molecule has 0 spiro atoms. The van der Waals surface area contributed by atoms with Gasteiger partial charge in [-0.15, -0.1) is 0 Å². The first kappa shape index (κ1) is 16.3. The molecule has 1 rings (SSSR count). The molecule has 0 saturated carbocycles. The van der Waals surface area contributed by atoms with Crippen LogP contribution in [-0.4, -0.2) is 33.1 Å². The van der Waals surface area contributed by atoms with Gasteiger partial charge >= 0.3 is 12.1 Å². The van der Waals surface area contributed by atoms with Crippen molar-refractivity contribution in [2.24, 2.45) is 5.92 Å². The molecule has 7 nitrogen and oxygen atoms in total. The van der Waals surface area contributed by atoms with Gasteiger partial charge in [0.05, 0.1) is 10.8 Å². The normalized spacial score (nSPS) is 14.4. The van der Waals surface area contributed by atoms with E-state index in [0.29, 0.717) is 0 Å². The maximum Gasteiger partial charge on any atom is 0.516 e. The Morgan fingerprint density at radius 2 is 1.73 bits per heavy atom. The zero-order valence-electron chi connectivity index (χ0n) is 13.4. The summed E-state index contributed by atoms with van der Waals surface area (Å²) in [4.78, 5) is 23.0. The Morgan fingerprint density at radius 3 is 2.23 bits per heavy atom. The van der Waals surface area contributed by atoms with Crippen molar-refractivity contribution in [1.82, 2.24) is 0 Å². The van der Waals surface area contributed by atoms with Gasteiger partial charge in [0, 0.05) is 14.6 Å². The number of rotatable bonds is 5. The third kappa shape index (κ3) is 5.72. The minimum absolute atomic E-state index is 0.0838. The molecule has 8 heteroatoms. The molecule has 0 N–H and O–H groups in total. The number of hydrogen-bond acceptors (Lipinski definition) is 7. The fourth-order valence-corrected chi connectivity index (χ4v) is 1.94. The average molecular weight is 331 g/mol. The van der Waals surface area contributed by atoms with Crippen molar-refractivity contribution in [1.29, 1.82) is 0 Å². The van der Waals surface area contributed by atoms with Crippen molar-refractivity contribution in [2.45, 2.75) is 31.9 Å². The Hall–Kier alpha value is -2.09. The second-order valence-electron chi connectivity index (χ2n) is 4.62. The van der Waals surface area contributed by atoms with Gasteiger partial charge in [-0.2, -0.15) is 0 Å². The van der Waals surface area contributed by atoms with E-state index in [1.807, 2.05) is 0 Å². The second-order valence-corrected chi connectivity index (χ2v) is 6.63. The highest BCUT2D eigenvalue weighted by Gasteiger charge is 2.18. The first-order chi connectivity index (χ1) is 10.6. The van der Waals surface area contributed by atoms with Crippen LogP contribution in [0.15, 0.2) is 29.2 Å². The molecule has 0 aliphatic carbocycles. The second kappa shape index (κ2) is 7.26. The van der Waals surface area contributed by atoms with Gasteiger partial charge in [-0.25, -0.2) is 13.2 Å². The lowest BCUT2D eigenvalue weighted by atomic mass is 10.2. The Kier molecular flexibility index (Phi) is 5.37. The maximum atomic E-state index is 11.5. The molecule has 1 aromatic carbocycles. The highest BCUT2D eigenvalue weighted by Crippen LogP contribution is 2.16.